The van der Waals surface area contributed by atoms with Gasteiger partial charge in [-0.2, -0.15) is 0 Å². The van der Waals surface area contributed by atoms with E-state index in [0.717, 1.165) is 9.88 Å². The van der Waals surface area contributed by atoms with Crippen LogP contribution in [-0.2, 0) is 24.8 Å². The van der Waals surface area contributed by atoms with Gasteiger partial charge in [0.05, 0.1) is 21.0 Å². The number of nitrogens with one attached hydrogen (secondary N) is 1. The molecular formula is C22H30N4O7S2. The third-order valence-corrected chi connectivity index (χ3v) is 8.36. The largest absolute Gasteiger partial charge is 0.444 e. The van der Waals surface area contributed by atoms with Crippen molar-refractivity contribution in [2.45, 2.75) is 49.5 Å². The first-order valence-corrected chi connectivity index (χ1v) is 13.7. The molecule has 0 atom stereocenters. The molecule has 11 nitrogen and oxygen atoms in total. The van der Waals surface area contributed by atoms with Crippen LogP contribution in [0.3, 0.4) is 0 Å². The predicted molar refractivity (Wildman–Crippen MR) is 130 cm³/mol. The number of ether oxygens (including phenoxy) is 1. The molecule has 1 aromatic heterocycles. The fraction of sp³-hybridized carbons (Fsp3) is 0.455. The highest BCUT2D eigenvalue weighted by Crippen LogP contribution is 2.33. The maximum absolute atomic E-state index is 13.0. The third kappa shape index (κ3) is 6.03. The topological polar surface area (TPSA) is 139 Å². The second-order valence-electron chi connectivity index (χ2n) is 9.24. The Balaban J connectivity index is 1.81. The average molecular weight is 527 g/mol. The van der Waals surface area contributed by atoms with Gasteiger partial charge in [0.25, 0.3) is 10.0 Å². The summed E-state index contributed by atoms with van der Waals surface area (Å²) in [6.07, 6.45) is 1.84. The Kier molecular flexibility index (Phi) is 7.34. The molecule has 0 radical (unpaired) electrons. The van der Waals surface area contributed by atoms with Gasteiger partial charge in [0, 0.05) is 27.2 Å². The molecule has 0 bridgehead atoms. The van der Waals surface area contributed by atoms with Crippen molar-refractivity contribution in [1.82, 2.24) is 14.4 Å². The van der Waals surface area contributed by atoms with E-state index in [-0.39, 0.29) is 15.7 Å². The van der Waals surface area contributed by atoms with Crippen molar-refractivity contribution in [1.29, 1.82) is 0 Å². The van der Waals surface area contributed by atoms with Crippen LogP contribution < -0.4 is 4.72 Å². The first-order chi connectivity index (χ1) is 16.1. The molecular weight excluding hydrogens is 496 g/mol. The van der Waals surface area contributed by atoms with Gasteiger partial charge in [-0.05, 0) is 64.0 Å². The molecule has 0 spiro atoms. The molecule has 1 aliphatic rings. The first-order valence-electron chi connectivity index (χ1n) is 10.8. The Labute approximate surface area is 205 Å². The summed E-state index contributed by atoms with van der Waals surface area (Å²) in [6.45, 7) is 7.76. The van der Waals surface area contributed by atoms with Crippen molar-refractivity contribution in [3.63, 3.8) is 0 Å². The zero-order chi connectivity index (χ0) is 26.2. The minimum atomic E-state index is -4.09. The molecule has 0 aliphatic carbocycles. The minimum Gasteiger partial charge on any atom is -0.444 e. The number of aryl methyl sites for hydroxylation is 1. The van der Waals surface area contributed by atoms with Crippen LogP contribution in [0, 0.1) is 6.92 Å². The number of carbonyl (C=O) groups is 1. The summed E-state index contributed by atoms with van der Waals surface area (Å²) in [4.78, 5) is 13.7. The fourth-order valence-electron chi connectivity index (χ4n) is 3.39. The molecule has 192 valence electrons. The number of nitrogens with zero attached hydrogens (tertiary/aromatic N) is 3. The van der Waals surface area contributed by atoms with Gasteiger partial charge in [-0.25, -0.2) is 30.7 Å². The van der Waals surface area contributed by atoms with Crippen LogP contribution >= 0.6 is 0 Å². The maximum Gasteiger partial charge on any atom is 0.410 e. The van der Waals surface area contributed by atoms with E-state index in [1.54, 1.807) is 32.6 Å². The zero-order valence-corrected chi connectivity index (χ0v) is 22.2. The molecule has 1 aliphatic heterocycles. The van der Waals surface area contributed by atoms with Crippen molar-refractivity contribution in [3.8, 4) is 0 Å². The fourth-order valence-corrected chi connectivity index (χ4v) is 5.29. The minimum absolute atomic E-state index is 0.0282. The Morgan fingerprint density at radius 2 is 1.71 bits per heavy atom. The Morgan fingerprint density at radius 1 is 1.11 bits per heavy atom. The molecule has 1 aromatic carbocycles. The van der Waals surface area contributed by atoms with Crippen molar-refractivity contribution in [2.75, 3.05) is 31.9 Å². The predicted octanol–water partition coefficient (Wildman–Crippen LogP) is 3.06. The van der Waals surface area contributed by atoms with Gasteiger partial charge in [0.2, 0.25) is 15.9 Å². The van der Waals surface area contributed by atoms with E-state index in [0.29, 0.717) is 30.8 Å². The summed E-state index contributed by atoms with van der Waals surface area (Å²) in [5.74, 6) is -0.0514. The molecule has 0 saturated carbocycles. The van der Waals surface area contributed by atoms with Crippen molar-refractivity contribution in [2.24, 2.45) is 0 Å². The molecule has 1 N–H and O–H groups in total. The average Bonchev–Trinajstić information content (AvgIpc) is 3.11. The number of hydrogen-bond donors (Lipinski definition) is 1. The van der Waals surface area contributed by atoms with Crippen LogP contribution in [0.4, 0.5) is 10.7 Å². The van der Waals surface area contributed by atoms with Gasteiger partial charge in [0.1, 0.15) is 5.60 Å². The lowest BCUT2D eigenvalue weighted by molar-refractivity contribution is 0.0270. The number of carbonyl (C=O) groups excluding carboxylic acids is 1. The first kappa shape index (κ1) is 26.7. The van der Waals surface area contributed by atoms with Crippen LogP contribution in [0.1, 0.15) is 38.4 Å². The molecule has 0 fully saturated rings. The summed E-state index contributed by atoms with van der Waals surface area (Å²) in [5.41, 5.74) is 1.18. The summed E-state index contributed by atoms with van der Waals surface area (Å²) < 4.78 is 64.5. The van der Waals surface area contributed by atoms with Crippen LogP contribution in [0.25, 0.3) is 5.57 Å². The normalized spacial score (nSPS) is 15.2. The molecule has 1 amide bonds. The number of benzene rings is 1. The molecule has 0 unspecified atom stereocenters. The smallest absolute Gasteiger partial charge is 0.410 e. The Hall–Kier alpha value is -2.90. The number of rotatable bonds is 6. The molecule has 13 heteroatoms. The van der Waals surface area contributed by atoms with E-state index in [4.69, 9.17) is 9.26 Å². The molecule has 2 aromatic rings. The number of hydrogen-bond acceptors (Lipinski definition) is 8. The van der Waals surface area contributed by atoms with E-state index in [1.165, 1.54) is 38.4 Å². The molecule has 2 heterocycles. The monoisotopic (exact) mass is 526 g/mol. The lowest BCUT2D eigenvalue weighted by Gasteiger charge is -2.29. The summed E-state index contributed by atoms with van der Waals surface area (Å²) in [5, 5.41) is 3.91. The summed E-state index contributed by atoms with van der Waals surface area (Å²) in [7, 11) is -5.00. The van der Waals surface area contributed by atoms with Gasteiger partial charge in [-0.1, -0.05) is 11.2 Å². The SMILES string of the molecule is Cc1noc(NS(=O)(=O)c2ccc(S(=O)(=O)N(C)C)cc2)c1C1=CCN(C(=O)OC(C)(C)C)CC1. The number of aromatic nitrogens is 1. The summed E-state index contributed by atoms with van der Waals surface area (Å²) in [6, 6.07) is 4.87. The number of amides is 1. The van der Waals surface area contributed by atoms with E-state index in [2.05, 4.69) is 9.88 Å². The highest BCUT2D eigenvalue weighted by atomic mass is 32.2. The highest BCUT2D eigenvalue weighted by Gasteiger charge is 2.28. The zero-order valence-electron chi connectivity index (χ0n) is 20.5. The Bertz CT molecular complexity index is 1340. The van der Waals surface area contributed by atoms with Crippen molar-refractivity contribution < 1.29 is 30.9 Å². The van der Waals surface area contributed by atoms with E-state index in [1.807, 2.05) is 6.08 Å². The second kappa shape index (κ2) is 9.63. The number of anilines is 1. The molecule has 3 rings (SSSR count). The lowest BCUT2D eigenvalue weighted by Crippen LogP contribution is -2.39. The second-order valence-corrected chi connectivity index (χ2v) is 13.1. The van der Waals surface area contributed by atoms with Crippen molar-refractivity contribution in [3.05, 3.63) is 41.6 Å². The van der Waals surface area contributed by atoms with Gasteiger partial charge in [-0.15, -0.1) is 0 Å². The number of sulfonamides is 2. The van der Waals surface area contributed by atoms with Crippen LogP contribution in [0.15, 0.2) is 44.7 Å². The van der Waals surface area contributed by atoms with Crippen LogP contribution in [-0.4, -0.2) is 70.1 Å². The maximum atomic E-state index is 13.0. The lowest BCUT2D eigenvalue weighted by atomic mass is 10.00. The van der Waals surface area contributed by atoms with Gasteiger partial charge >= 0.3 is 6.09 Å². The van der Waals surface area contributed by atoms with E-state index in [9.17, 15) is 21.6 Å². The van der Waals surface area contributed by atoms with Gasteiger partial charge in [0.15, 0.2) is 0 Å². The van der Waals surface area contributed by atoms with Crippen molar-refractivity contribution >= 4 is 37.6 Å². The van der Waals surface area contributed by atoms with Gasteiger partial charge in [-0.3, -0.25) is 0 Å². The van der Waals surface area contributed by atoms with E-state index < -0.39 is 31.7 Å². The summed E-state index contributed by atoms with van der Waals surface area (Å²) >= 11 is 0. The van der Waals surface area contributed by atoms with Gasteiger partial charge < -0.3 is 14.2 Å². The van der Waals surface area contributed by atoms with Crippen LogP contribution in [0.2, 0.25) is 0 Å². The third-order valence-electron chi connectivity index (χ3n) is 5.18. The quantitative estimate of drug-likeness (QED) is 0.606. The highest BCUT2D eigenvalue weighted by molar-refractivity contribution is 7.92. The van der Waals surface area contributed by atoms with Crippen LogP contribution in [0.5, 0.6) is 0 Å². The Morgan fingerprint density at radius 3 is 2.23 bits per heavy atom. The molecule has 0 saturated heterocycles. The molecule has 35 heavy (non-hydrogen) atoms. The van der Waals surface area contributed by atoms with E-state index >= 15 is 0 Å². The standard InChI is InChI=1S/C22H30N4O7S2/c1-15-19(16-11-13-26(14-12-16)21(27)32-22(2,3)4)20(33-23-15)24-34(28,29)17-7-9-18(10-8-17)35(30,31)25(5)6/h7-11,24H,12-14H2,1-6H3.